The monoisotopic (exact) mass is 328 g/mol. The van der Waals surface area contributed by atoms with E-state index in [0.717, 1.165) is 18.6 Å². The van der Waals surface area contributed by atoms with Crippen LogP contribution >= 0.6 is 0 Å². The smallest absolute Gasteiger partial charge is 0.331 e. The Hall–Kier alpha value is -1.10. The molecule has 0 aliphatic heterocycles. The molecule has 5 heteroatoms. The SMILES string of the molecule is CCC(C)(OC(=O)/C=C\C(=O)O)[Si](C(C)C)(C(C)C)C(C)C. The molecule has 0 bridgehead atoms. The molecule has 22 heavy (non-hydrogen) atoms. The maximum atomic E-state index is 12.1. The third-order valence-electron chi connectivity index (χ3n) is 5.14. The minimum Gasteiger partial charge on any atom is -0.478 e. The van der Waals surface area contributed by atoms with Crippen molar-refractivity contribution in [2.45, 2.75) is 83.7 Å². The van der Waals surface area contributed by atoms with Crippen LogP contribution in [0.2, 0.25) is 16.6 Å². The summed E-state index contributed by atoms with van der Waals surface area (Å²) in [5.41, 5.74) is 1.36. The number of carboxylic acids is 1. The highest BCUT2D eigenvalue weighted by atomic mass is 28.3. The van der Waals surface area contributed by atoms with Gasteiger partial charge in [-0.1, -0.05) is 48.5 Å². The number of carbonyl (C=O) groups excluding carboxylic acids is 1. The summed E-state index contributed by atoms with van der Waals surface area (Å²) in [5, 5.41) is 8.13. The van der Waals surface area contributed by atoms with Gasteiger partial charge in [-0.25, -0.2) is 9.59 Å². The van der Waals surface area contributed by atoms with E-state index in [1.54, 1.807) is 0 Å². The number of esters is 1. The Morgan fingerprint density at radius 2 is 1.45 bits per heavy atom. The normalized spacial score (nSPS) is 15.6. The fourth-order valence-electron chi connectivity index (χ4n) is 4.69. The third kappa shape index (κ3) is 4.00. The van der Waals surface area contributed by atoms with E-state index in [-0.39, 0.29) is 0 Å². The maximum Gasteiger partial charge on any atom is 0.331 e. The molecule has 128 valence electrons. The zero-order valence-corrected chi connectivity index (χ0v) is 16.3. The molecule has 1 atom stereocenters. The molecule has 0 aliphatic carbocycles. The van der Waals surface area contributed by atoms with Crippen LogP contribution in [-0.2, 0) is 14.3 Å². The van der Waals surface area contributed by atoms with E-state index in [1.165, 1.54) is 0 Å². The van der Waals surface area contributed by atoms with Gasteiger partial charge in [0.2, 0.25) is 0 Å². The number of carbonyl (C=O) groups is 2. The molecule has 0 saturated heterocycles. The van der Waals surface area contributed by atoms with Gasteiger partial charge in [0.05, 0.1) is 5.22 Å². The molecule has 0 heterocycles. The Morgan fingerprint density at radius 1 is 1.05 bits per heavy atom. The molecule has 0 aromatic rings. The Balaban J connectivity index is 5.81. The highest BCUT2D eigenvalue weighted by Gasteiger charge is 2.57. The quantitative estimate of drug-likeness (QED) is 0.403. The summed E-state index contributed by atoms with van der Waals surface area (Å²) in [6.45, 7) is 17.4. The molecule has 0 aromatic carbocycles. The lowest BCUT2D eigenvalue weighted by molar-refractivity contribution is -0.146. The maximum absolute atomic E-state index is 12.1. The second-order valence-electron chi connectivity index (χ2n) is 7.07. The van der Waals surface area contributed by atoms with Gasteiger partial charge in [-0.05, 0) is 30.0 Å². The predicted molar refractivity (Wildman–Crippen MR) is 92.6 cm³/mol. The first-order chi connectivity index (χ1) is 9.95. The molecular formula is C17H32O4Si. The fraction of sp³-hybridized carbons (Fsp3) is 0.765. The molecule has 0 saturated carbocycles. The molecule has 0 radical (unpaired) electrons. The van der Waals surface area contributed by atoms with Crippen molar-refractivity contribution in [1.29, 1.82) is 0 Å². The molecule has 0 fully saturated rings. The first-order valence-corrected chi connectivity index (χ1v) is 10.3. The summed E-state index contributed by atoms with van der Waals surface area (Å²) in [6, 6.07) is 0. The average Bonchev–Trinajstić information content (AvgIpc) is 2.35. The van der Waals surface area contributed by atoms with Crippen LogP contribution in [0.5, 0.6) is 0 Å². The van der Waals surface area contributed by atoms with Gasteiger partial charge in [-0.15, -0.1) is 0 Å². The second kappa shape index (κ2) is 7.95. The number of hydrogen-bond donors (Lipinski definition) is 1. The van der Waals surface area contributed by atoms with E-state index in [4.69, 9.17) is 9.84 Å². The first kappa shape index (κ1) is 20.9. The zero-order chi connectivity index (χ0) is 17.7. The van der Waals surface area contributed by atoms with Crippen LogP contribution in [-0.4, -0.2) is 30.3 Å². The minimum atomic E-state index is -2.02. The molecule has 4 nitrogen and oxygen atoms in total. The van der Waals surface area contributed by atoms with E-state index >= 15 is 0 Å². The van der Waals surface area contributed by atoms with Crippen molar-refractivity contribution in [3.8, 4) is 0 Å². The van der Waals surface area contributed by atoms with Crippen LogP contribution in [0.3, 0.4) is 0 Å². The van der Waals surface area contributed by atoms with E-state index in [1.807, 2.05) is 13.8 Å². The molecule has 1 N–H and O–H groups in total. The Kier molecular flexibility index (Phi) is 7.55. The van der Waals surface area contributed by atoms with Crippen molar-refractivity contribution in [3.05, 3.63) is 12.2 Å². The van der Waals surface area contributed by atoms with Crippen molar-refractivity contribution >= 4 is 20.0 Å². The van der Waals surface area contributed by atoms with Crippen molar-refractivity contribution in [3.63, 3.8) is 0 Å². The molecule has 0 aliphatic rings. The summed E-state index contributed by atoms with van der Waals surface area (Å²) in [4.78, 5) is 22.7. The van der Waals surface area contributed by atoms with Gasteiger partial charge >= 0.3 is 11.9 Å². The fourth-order valence-corrected chi connectivity index (χ4v) is 13.2. The highest BCUT2D eigenvalue weighted by molar-refractivity contribution is 6.86. The number of hydrogen-bond acceptors (Lipinski definition) is 3. The van der Waals surface area contributed by atoms with Crippen LogP contribution in [0.15, 0.2) is 12.2 Å². The van der Waals surface area contributed by atoms with E-state index in [0.29, 0.717) is 16.6 Å². The summed E-state index contributed by atoms with van der Waals surface area (Å²) < 4.78 is 5.86. The molecule has 0 rings (SSSR count). The van der Waals surface area contributed by atoms with Gasteiger partial charge in [-0.2, -0.15) is 0 Å². The van der Waals surface area contributed by atoms with Crippen LogP contribution in [0.1, 0.15) is 61.8 Å². The molecule has 0 spiro atoms. The third-order valence-corrected chi connectivity index (χ3v) is 13.2. The van der Waals surface area contributed by atoms with Crippen LogP contribution in [0.4, 0.5) is 0 Å². The van der Waals surface area contributed by atoms with Crippen molar-refractivity contribution < 1.29 is 19.4 Å². The Morgan fingerprint density at radius 3 is 1.73 bits per heavy atom. The molecular weight excluding hydrogens is 296 g/mol. The highest BCUT2D eigenvalue weighted by Crippen LogP contribution is 2.51. The van der Waals surface area contributed by atoms with E-state index < -0.39 is 25.2 Å². The molecule has 1 unspecified atom stereocenters. The second-order valence-corrected chi connectivity index (χ2v) is 13.5. The van der Waals surface area contributed by atoms with Crippen molar-refractivity contribution in [1.82, 2.24) is 0 Å². The van der Waals surface area contributed by atoms with Gasteiger partial charge < -0.3 is 9.84 Å². The summed E-state index contributed by atoms with van der Waals surface area (Å²) >= 11 is 0. The van der Waals surface area contributed by atoms with Crippen LogP contribution in [0, 0.1) is 0 Å². The number of carboxylic acid groups (broad SMARTS) is 1. The Bertz CT molecular complexity index is 405. The molecule has 0 aromatic heterocycles. The van der Waals surface area contributed by atoms with Crippen molar-refractivity contribution in [2.75, 3.05) is 0 Å². The van der Waals surface area contributed by atoms with Crippen LogP contribution < -0.4 is 0 Å². The van der Waals surface area contributed by atoms with Gasteiger partial charge in [0, 0.05) is 12.2 Å². The van der Waals surface area contributed by atoms with Crippen LogP contribution in [0.25, 0.3) is 0 Å². The lowest BCUT2D eigenvalue weighted by atomic mass is 10.3. The standard InChI is InChI=1S/C17H32O4Si/c1-9-17(8,21-16(20)11-10-15(18)19)22(12(2)3,13(4)5)14(6)7/h10-14H,9H2,1-8H3,(H,18,19)/b11-10-. The number of aliphatic carboxylic acids is 1. The van der Waals surface area contributed by atoms with E-state index in [9.17, 15) is 9.59 Å². The lowest BCUT2D eigenvalue weighted by Gasteiger charge is -2.54. The predicted octanol–water partition coefficient (Wildman–Crippen LogP) is 4.56. The topological polar surface area (TPSA) is 63.6 Å². The lowest BCUT2D eigenvalue weighted by Crippen LogP contribution is -2.64. The van der Waals surface area contributed by atoms with E-state index in [2.05, 4.69) is 41.5 Å². The number of rotatable bonds is 8. The van der Waals surface area contributed by atoms with Gasteiger partial charge in [-0.3, -0.25) is 0 Å². The van der Waals surface area contributed by atoms with Gasteiger partial charge in [0.15, 0.2) is 0 Å². The zero-order valence-electron chi connectivity index (χ0n) is 15.3. The molecule has 0 amide bonds. The Labute approximate surface area is 136 Å². The minimum absolute atomic E-state index is 0.453. The largest absolute Gasteiger partial charge is 0.478 e. The summed E-state index contributed by atoms with van der Waals surface area (Å²) in [7, 11) is -2.02. The van der Waals surface area contributed by atoms with Gasteiger partial charge in [0.25, 0.3) is 0 Å². The van der Waals surface area contributed by atoms with Gasteiger partial charge in [0.1, 0.15) is 8.07 Å². The van der Waals surface area contributed by atoms with Crippen molar-refractivity contribution in [2.24, 2.45) is 0 Å². The summed E-state index contributed by atoms with van der Waals surface area (Å²) in [6.07, 6.45) is 2.58. The summed E-state index contributed by atoms with van der Waals surface area (Å²) in [5.74, 6) is -1.71. The number of ether oxygens (including phenoxy) is 1. The first-order valence-electron chi connectivity index (χ1n) is 8.09. The average molecular weight is 329 g/mol.